The van der Waals surface area contributed by atoms with Gasteiger partial charge in [-0.25, -0.2) is 0 Å². The molecule has 1 aromatic heterocycles. The highest BCUT2D eigenvalue weighted by molar-refractivity contribution is 7.98. The molecule has 3 aromatic rings. The molecule has 0 fully saturated rings. The van der Waals surface area contributed by atoms with E-state index >= 15 is 0 Å². The molecule has 1 heterocycles. The number of benzene rings is 2. The molecular formula is C17H18N4S. The summed E-state index contributed by atoms with van der Waals surface area (Å²) in [5.74, 6) is 1.31. The Morgan fingerprint density at radius 2 is 1.68 bits per heavy atom. The van der Waals surface area contributed by atoms with Gasteiger partial charge in [-0.3, -0.25) is 4.57 Å². The highest BCUT2D eigenvalue weighted by Crippen LogP contribution is 2.23. The fraction of sp³-hybridized carbons (Fsp3) is 0.176. The highest BCUT2D eigenvalue weighted by atomic mass is 32.2. The van der Waals surface area contributed by atoms with Crippen molar-refractivity contribution >= 4 is 17.7 Å². The molecule has 5 heteroatoms. The fourth-order valence-corrected chi connectivity index (χ4v) is 3.05. The van der Waals surface area contributed by atoms with Crippen molar-refractivity contribution in [1.82, 2.24) is 14.8 Å². The van der Waals surface area contributed by atoms with Gasteiger partial charge in [-0.05, 0) is 18.1 Å². The molecule has 0 amide bonds. The van der Waals surface area contributed by atoms with Gasteiger partial charge in [-0.15, -0.1) is 10.2 Å². The molecule has 0 saturated heterocycles. The molecule has 3 rings (SSSR count). The molecule has 0 spiro atoms. The van der Waals surface area contributed by atoms with Crippen LogP contribution in [0.2, 0.25) is 0 Å². The number of nitrogen functional groups attached to an aromatic ring is 1. The third-order valence-electron chi connectivity index (χ3n) is 3.42. The second-order valence-corrected chi connectivity index (χ2v) is 6.13. The van der Waals surface area contributed by atoms with Crippen molar-refractivity contribution in [3.63, 3.8) is 0 Å². The van der Waals surface area contributed by atoms with Gasteiger partial charge in [0.15, 0.2) is 5.16 Å². The zero-order valence-corrected chi connectivity index (χ0v) is 13.3. The summed E-state index contributed by atoms with van der Waals surface area (Å²) in [5, 5.41) is 9.06. The lowest BCUT2D eigenvalue weighted by Gasteiger charge is -2.08. The number of rotatable bonds is 5. The summed E-state index contributed by atoms with van der Waals surface area (Å²) in [6.45, 7) is 2.77. The quantitative estimate of drug-likeness (QED) is 0.733. The van der Waals surface area contributed by atoms with Crippen LogP contribution in [0.15, 0.2) is 59.8 Å². The van der Waals surface area contributed by atoms with E-state index in [9.17, 15) is 0 Å². The Morgan fingerprint density at radius 3 is 2.41 bits per heavy atom. The van der Waals surface area contributed by atoms with Crippen LogP contribution in [0, 0.1) is 6.92 Å². The van der Waals surface area contributed by atoms with Crippen molar-refractivity contribution in [1.29, 1.82) is 0 Å². The molecular weight excluding hydrogens is 292 g/mol. The summed E-state index contributed by atoms with van der Waals surface area (Å²) in [4.78, 5) is 0. The molecule has 0 bridgehead atoms. The molecule has 22 heavy (non-hydrogen) atoms. The van der Waals surface area contributed by atoms with Gasteiger partial charge in [0.1, 0.15) is 0 Å². The molecule has 0 atom stereocenters. The Kier molecular flexibility index (Phi) is 4.44. The van der Waals surface area contributed by atoms with E-state index in [2.05, 4.69) is 53.5 Å². The maximum absolute atomic E-state index is 5.96. The van der Waals surface area contributed by atoms with Gasteiger partial charge in [0.25, 0.3) is 0 Å². The lowest BCUT2D eigenvalue weighted by Crippen LogP contribution is -2.06. The maximum Gasteiger partial charge on any atom is 0.223 e. The molecule has 0 aliphatic rings. The van der Waals surface area contributed by atoms with E-state index in [1.54, 1.807) is 11.8 Å². The van der Waals surface area contributed by atoms with Crippen molar-refractivity contribution in [2.75, 3.05) is 5.73 Å². The first-order chi connectivity index (χ1) is 10.7. The van der Waals surface area contributed by atoms with Crippen molar-refractivity contribution in [2.24, 2.45) is 0 Å². The van der Waals surface area contributed by atoms with E-state index in [0.29, 0.717) is 12.5 Å². The number of aromatic nitrogens is 3. The zero-order valence-electron chi connectivity index (χ0n) is 12.4. The number of thioether (sulfide) groups is 1. The van der Waals surface area contributed by atoms with E-state index in [4.69, 9.17) is 5.73 Å². The van der Waals surface area contributed by atoms with Crippen molar-refractivity contribution in [3.05, 3.63) is 71.3 Å². The third kappa shape index (κ3) is 3.49. The van der Waals surface area contributed by atoms with Crippen LogP contribution in [0.5, 0.6) is 0 Å². The molecule has 0 aliphatic carbocycles. The van der Waals surface area contributed by atoms with Crippen LogP contribution < -0.4 is 5.73 Å². The predicted molar refractivity (Wildman–Crippen MR) is 90.7 cm³/mol. The average Bonchev–Trinajstić information content (AvgIpc) is 2.89. The first kappa shape index (κ1) is 14.7. The van der Waals surface area contributed by atoms with Crippen LogP contribution in [-0.4, -0.2) is 14.8 Å². The average molecular weight is 310 g/mol. The van der Waals surface area contributed by atoms with Gasteiger partial charge in [0.05, 0.1) is 6.54 Å². The van der Waals surface area contributed by atoms with Crippen LogP contribution in [-0.2, 0) is 12.3 Å². The summed E-state index contributed by atoms with van der Waals surface area (Å²) in [6, 6.07) is 18.8. The van der Waals surface area contributed by atoms with Gasteiger partial charge in [-0.1, -0.05) is 71.9 Å². The number of anilines is 1. The topological polar surface area (TPSA) is 56.7 Å². The van der Waals surface area contributed by atoms with Crippen LogP contribution in [0.25, 0.3) is 0 Å². The minimum atomic E-state index is 0.455. The van der Waals surface area contributed by atoms with E-state index < -0.39 is 0 Å². The molecule has 112 valence electrons. The third-order valence-corrected chi connectivity index (χ3v) is 4.46. The fourth-order valence-electron chi connectivity index (χ4n) is 2.15. The van der Waals surface area contributed by atoms with Crippen LogP contribution in [0.3, 0.4) is 0 Å². The zero-order chi connectivity index (χ0) is 15.4. The molecule has 4 nitrogen and oxygen atoms in total. The highest BCUT2D eigenvalue weighted by Gasteiger charge is 2.10. The van der Waals surface area contributed by atoms with Crippen molar-refractivity contribution in [3.8, 4) is 0 Å². The number of nitrogens with two attached hydrogens (primary N) is 1. The predicted octanol–water partition coefficient (Wildman–Crippen LogP) is 3.51. The van der Waals surface area contributed by atoms with E-state index in [-0.39, 0.29) is 0 Å². The molecule has 2 aromatic carbocycles. The number of aryl methyl sites for hydroxylation is 1. The van der Waals surface area contributed by atoms with Gasteiger partial charge >= 0.3 is 0 Å². The van der Waals surface area contributed by atoms with E-state index in [1.807, 2.05) is 22.8 Å². The van der Waals surface area contributed by atoms with Crippen LogP contribution >= 0.6 is 11.8 Å². The summed E-state index contributed by atoms with van der Waals surface area (Å²) >= 11 is 1.65. The first-order valence-corrected chi connectivity index (χ1v) is 8.12. The molecule has 0 unspecified atom stereocenters. The van der Waals surface area contributed by atoms with Gasteiger partial charge < -0.3 is 5.73 Å². The Bertz CT molecular complexity index is 735. The summed E-state index contributed by atoms with van der Waals surface area (Å²) in [5.41, 5.74) is 9.67. The largest absolute Gasteiger partial charge is 0.368 e. The summed E-state index contributed by atoms with van der Waals surface area (Å²) < 4.78 is 1.96. The summed E-state index contributed by atoms with van der Waals surface area (Å²) in [7, 11) is 0. The lowest BCUT2D eigenvalue weighted by molar-refractivity contribution is 0.716. The second-order valence-electron chi connectivity index (χ2n) is 5.19. The van der Waals surface area contributed by atoms with Crippen molar-refractivity contribution in [2.45, 2.75) is 24.4 Å². The Balaban J connectivity index is 1.74. The molecule has 0 aliphatic heterocycles. The number of nitrogens with zero attached hydrogens (tertiary/aromatic N) is 3. The van der Waals surface area contributed by atoms with Crippen molar-refractivity contribution < 1.29 is 0 Å². The standard InChI is InChI=1S/C17H18N4S/c1-13-7-9-14(10-8-13)11-21-16(18)19-20-17(21)22-12-15-5-3-2-4-6-15/h2-10H,11-12H2,1H3,(H2,18,19). The van der Waals surface area contributed by atoms with E-state index in [0.717, 1.165) is 10.9 Å². The van der Waals surface area contributed by atoms with Gasteiger partial charge in [-0.2, -0.15) is 0 Å². The lowest BCUT2D eigenvalue weighted by atomic mass is 10.1. The molecule has 0 saturated carbocycles. The SMILES string of the molecule is Cc1ccc(Cn2c(N)nnc2SCc2ccccc2)cc1. The minimum Gasteiger partial charge on any atom is -0.368 e. The Hall–Kier alpha value is -2.27. The number of hydrogen-bond donors (Lipinski definition) is 1. The van der Waals surface area contributed by atoms with Crippen LogP contribution in [0.4, 0.5) is 5.95 Å². The van der Waals surface area contributed by atoms with E-state index in [1.165, 1.54) is 16.7 Å². The Morgan fingerprint density at radius 1 is 0.955 bits per heavy atom. The van der Waals surface area contributed by atoms with Gasteiger partial charge in [0.2, 0.25) is 5.95 Å². The smallest absolute Gasteiger partial charge is 0.223 e. The summed E-state index contributed by atoms with van der Waals surface area (Å²) in [6.07, 6.45) is 0. The normalized spacial score (nSPS) is 10.8. The van der Waals surface area contributed by atoms with Crippen LogP contribution in [0.1, 0.15) is 16.7 Å². The monoisotopic (exact) mass is 310 g/mol. The maximum atomic E-state index is 5.96. The second kappa shape index (κ2) is 6.66. The molecule has 2 N–H and O–H groups in total. The minimum absolute atomic E-state index is 0.455. The van der Waals surface area contributed by atoms with Gasteiger partial charge in [0, 0.05) is 5.75 Å². The number of hydrogen-bond acceptors (Lipinski definition) is 4. The first-order valence-electron chi connectivity index (χ1n) is 7.13. The Labute approximate surface area is 134 Å². The molecule has 0 radical (unpaired) electrons.